The molecule has 0 radical (unpaired) electrons. The van der Waals surface area contributed by atoms with Crippen LogP contribution in [0.15, 0.2) is 18.2 Å². The summed E-state index contributed by atoms with van der Waals surface area (Å²) in [4.78, 5) is 28.4. The second-order valence-corrected chi connectivity index (χ2v) is 8.78. The topological polar surface area (TPSA) is 64.7 Å². The standard InChI is InChI=1S/C20H29ClN4O2S/c1-5-6-17(26)25-11-9-24(10-12-25)16-8-7-14(21)13-15(16)22-19(28)23-18(27)20(2,3)4/h7-8,13H,5-6,9-12H2,1-4H3,(H2,22,23,27,28). The van der Waals surface area contributed by atoms with Crippen molar-refractivity contribution in [2.45, 2.75) is 40.5 Å². The number of hydrogen-bond donors (Lipinski definition) is 2. The van der Waals surface area contributed by atoms with Crippen molar-refractivity contribution in [2.24, 2.45) is 5.41 Å². The van der Waals surface area contributed by atoms with Gasteiger partial charge >= 0.3 is 0 Å². The maximum Gasteiger partial charge on any atom is 0.231 e. The normalized spacial score (nSPS) is 14.6. The van der Waals surface area contributed by atoms with Crippen molar-refractivity contribution in [1.82, 2.24) is 10.2 Å². The van der Waals surface area contributed by atoms with Crippen LogP contribution in [0.4, 0.5) is 11.4 Å². The number of rotatable bonds is 4. The van der Waals surface area contributed by atoms with Gasteiger partial charge in [-0.3, -0.25) is 9.59 Å². The van der Waals surface area contributed by atoms with Crippen LogP contribution in [-0.4, -0.2) is 48.0 Å². The number of halogens is 1. The van der Waals surface area contributed by atoms with Gasteiger partial charge in [0, 0.05) is 43.0 Å². The van der Waals surface area contributed by atoms with E-state index in [4.69, 9.17) is 23.8 Å². The Hall–Kier alpha value is -1.86. The molecule has 0 aromatic heterocycles. The lowest BCUT2D eigenvalue weighted by Gasteiger charge is -2.37. The summed E-state index contributed by atoms with van der Waals surface area (Å²) >= 11 is 11.5. The maximum atomic E-state index is 12.2. The van der Waals surface area contributed by atoms with E-state index >= 15 is 0 Å². The van der Waals surface area contributed by atoms with Gasteiger partial charge in [-0.05, 0) is 36.8 Å². The highest BCUT2D eigenvalue weighted by atomic mass is 35.5. The van der Waals surface area contributed by atoms with Crippen LogP contribution in [0, 0.1) is 5.41 Å². The van der Waals surface area contributed by atoms with E-state index in [1.54, 1.807) is 6.07 Å². The zero-order valence-corrected chi connectivity index (χ0v) is 18.5. The van der Waals surface area contributed by atoms with Gasteiger partial charge in [-0.1, -0.05) is 39.3 Å². The maximum absolute atomic E-state index is 12.2. The first-order valence-corrected chi connectivity index (χ1v) is 10.3. The van der Waals surface area contributed by atoms with Crippen LogP contribution >= 0.6 is 23.8 Å². The fourth-order valence-corrected chi connectivity index (χ4v) is 3.27. The predicted octanol–water partition coefficient (Wildman–Crippen LogP) is 3.65. The number of anilines is 2. The minimum absolute atomic E-state index is 0.156. The highest BCUT2D eigenvalue weighted by Gasteiger charge is 2.24. The minimum Gasteiger partial charge on any atom is -0.366 e. The number of benzene rings is 1. The third-order valence-corrected chi connectivity index (χ3v) is 4.99. The molecule has 0 saturated carbocycles. The zero-order valence-electron chi connectivity index (χ0n) is 17.0. The van der Waals surface area contributed by atoms with Gasteiger partial charge in [0.25, 0.3) is 0 Å². The van der Waals surface area contributed by atoms with E-state index < -0.39 is 5.41 Å². The average Bonchev–Trinajstić information content (AvgIpc) is 2.61. The summed E-state index contributed by atoms with van der Waals surface area (Å²) in [6.45, 7) is 10.3. The molecule has 1 aromatic rings. The summed E-state index contributed by atoms with van der Waals surface area (Å²) in [5, 5.41) is 6.63. The largest absolute Gasteiger partial charge is 0.366 e. The SMILES string of the molecule is CCCC(=O)N1CCN(c2ccc(Cl)cc2NC(=S)NC(=O)C(C)(C)C)CC1. The summed E-state index contributed by atoms with van der Waals surface area (Å²) in [7, 11) is 0. The second kappa shape index (κ2) is 9.56. The Morgan fingerprint density at radius 1 is 1.18 bits per heavy atom. The first kappa shape index (κ1) is 22.4. The molecule has 2 amide bonds. The molecule has 1 aromatic carbocycles. The number of nitrogens with one attached hydrogen (secondary N) is 2. The van der Waals surface area contributed by atoms with Gasteiger partial charge in [0.15, 0.2) is 5.11 Å². The Bertz CT molecular complexity index is 740. The quantitative estimate of drug-likeness (QED) is 0.722. The summed E-state index contributed by atoms with van der Waals surface area (Å²) < 4.78 is 0. The highest BCUT2D eigenvalue weighted by Crippen LogP contribution is 2.30. The monoisotopic (exact) mass is 424 g/mol. The fourth-order valence-electron chi connectivity index (χ4n) is 2.90. The third kappa shape index (κ3) is 6.07. The average molecular weight is 425 g/mol. The van der Waals surface area contributed by atoms with E-state index in [0.717, 1.165) is 30.9 Å². The Labute approximate surface area is 177 Å². The molecule has 1 saturated heterocycles. The summed E-state index contributed by atoms with van der Waals surface area (Å²) in [6, 6.07) is 5.55. The highest BCUT2D eigenvalue weighted by molar-refractivity contribution is 7.80. The zero-order chi connectivity index (χ0) is 20.9. The Morgan fingerprint density at radius 3 is 2.39 bits per heavy atom. The van der Waals surface area contributed by atoms with Crippen molar-refractivity contribution in [2.75, 3.05) is 36.4 Å². The summed E-state index contributed by atoms with van der Waals surface area (Å²) in [5.74, 6) is 0.0549. The molecule has 0 atom stereocenters. The molecule has 8 heteroatoms. The van der Waals surface area contributed by atoms with Crippen molar-refractivity contribution in [1.29, 1.82) is 0 Å². The lowest BCUT2D eigenvalue weighted by molar-refractivity contribution is -0.131. The molecule has 1 aliphatic rings. The number of thiocarbonyl (C=S) groups is 1. The molecule has 1 aliphatic heterocycles. The van der Waals surface area contributed by atoms with Crippen molar-refractivity contribution in [3.8, 4) is 0 Å². The van der Waals surface area contributed by atoms with E-state index in [2.05, 4.69) is 15.5 Å². The number of carbonyl (C=O) groups is 2. The van der Waals surface area contributed by atoms with Gasteiger partial charge in [0.1, 0.15) is 0 Å². The van der Waals surface area contributed by atoms with Crippen LogP contribution in [0.25, 0.3) is 0 Å². The van der Waals surface area contributed by atoms with Gasteiger partial charge < -0.3 is 20.4 Å². The molecular formula is C20H29ClN4O2S. The molecule has 2 N–H and O–H groups in total. The fraction of sp³-hybridized carbons (Fsp3) is 0.550. The predicted molar refractivity (Wildman–Crippen MR) is 119 cm³/mol. The van der Waals surface area contributed by atoms with Crippen molar-refractivity contribution < 1.29 is 9.59 Å². The van der Waals surface area contributed by atoms with E-state index in [0.29, 0.717) is 24.5 Å². The molecular weight excluding hydrogens is 396 g/mol. The Kier molecular flexibility index (Phi) is 7.66. The number of carbonyl (C=O) groups excluding carboxylic acids is 2. The van der Waals surface area contributed by atoms with Crippen LogP contribution in [-0.2, 0) is 9.59 Å². The van der Waals surface area contributed by atoms with Crippen molar-refractivity contribution >= 4 is 52.1 Å². The van der Waals surface area contributed by atoms with E-state index in [1.807, 2.05) is 44.7 Å². The molecule has 6 nitrogen and oxygen atoms in total. The first-order valence-electron chi connectivity index (χ1n) is 9.56. The van der Waals surface area contributed by atoms with E-state index in [1.165, 1.54) is 0 Å². The molecule has 0 spiro atoms. The number of nitrogens with zero attached hydrogens (tertiary/aromatic N) is 2. The van der Waals surface area contributed by atoms with Gasteiger partial charge in [0.05, 0.1) is 11.4 Å². The molecule has 2 rings (SSSR count). The van der Waals surface area contributed by atoms with Crippen LogP contribution < -0.4 is 15.5 Å². The van der Waals surface area contributed by atoms with Gasteiger partial charge in [-0.2, -0.15) is 0 Å². The second-order valence-electron chi connectivity index (χ2n) is 7.94. The lowest BCUT2D eigenvalue weighted by atomic mass is 9.96. The van der Waals surface area contributed by atoms with Crippen LogP contribution in [0.3, 0.4) is 0 Å². The molecule has 154 valence electrons. The molecule has 1 heterocycles. The van der Waals surface area contributed by atoms with Gasteiger partial charge in [-0.25, -0.2) is 0 Å². The van der Waals surface area contributed by atoms with E-state index in [9.17, 15) is 9.59 Å². The molecule has 0 bridgehead atoms. The first-order chi connectivity index (χ1) is 13.1. The van der Waals surface area contributed by atoms with Crippen LogP contribution in [0.2, 0.25) is 5.02 Å². The minimum atomic E-state index is -0.537. The van der Waals surface area contributed by atoms with E-state index in [-0.39, 0.29) is 16.9 Å². The summed E-state index contributed by atoms with van der Waals surface area (Å²) in [6.07, 6.45) is 1.46. The number of piperazine rings is 1. The Morgan fingerprint density at radius 2 is 1.82 bits per heavy atom. The molecule has 28 heavy (non-hydrogen) atoms. The van der Waals surface area contributed by atoms with Gasteiger partial charge in [0.2, 0.25) is 11.8 Å². The smallest absolute Gasteiger partial charge is 0.231 e. The van der Waals surface area contributed by atoms with Crippen LogP contribution in [0.5, 0.6) is 0 Å². The Balaban J connectivity index is 2.08. The molecule has 1 fully saturated rings. The number of amides is 2. The molecule has 0 unspecified atom stereocenters. The lowest BCUT2D eigenvalue weighted by Crippen LogP contribution is -2.49. The van der Waals surface area contributed by atoms with Crippen molar-refractivity contribution in [3.05, 3.63) is 23.2 Å². The number of hydrogen-bond acceptors (Lipinski definition) is 4. The van der Waals surface area contributed by atoms with Crippen LogP contribution in [0.1, 0.15) is 40.5 Å². The van der Waals surface area contributed by atoms with Gasteiger partial charge in [-0.15, -0.1) is 0 Å². The van der Waals surface area contributed by atoms with Crippen molar-refractivity contribution in [3.63, 3.8) is 0 Å². The third-order valence-electron chi connectivity index (χ3n) is 4.55. The summed E-state index contributed by atoms with van der Waals surface area (Å²) in [5.41, 5.74) is 1.14. The molecule has 0 aliphatic carbocycles.